The summed E-state index contributed by atoms with van der Waals surface area (Å²) in [4.78, 5) is 8.04. The van der Waals surface area contributed by atoms with Crippen LogP contribution in [0.5, 0.6) is 0 Å². The van der Waals surface area contributed by atoms with Crippen LogP contribution in [0.3, 0.4) is 0 Å². The Morgan fingerprint density at radius 1 is 1.15 bits per heavy atom. The van der Waals surface area contributed by atoms with E-state index in [-0.39, 0.29) is 5.54 Å². The lowest BCUT2D eigenvalue weighted by molar-refractivity contribution is -0.0146. The molecule has 0 saturated carbocycles. The van der Waals surface area contributed by atoms with E-state index in [2.05, 4.69) is 28.7 Å². The molecule has 3 unspecified atom stereocenters. The van der Waals surface area contributed by atoms with E-state index in [4.69, 9.17) is 5.73 Å². The SMILES string of the molecule is CCC1CN(C2(CN)CCN3CCCCC32)CCN1C. The van der Waals surface area contributed by atoms with Crippen LogP contribution in [0.15, 0.2) is 0 Å². The molecule has 0 aromatic heterocycles. The zero-order valence-corrected chi connectivity index (χ0v) is 13.4. The van der Waals surface area contributed by atoms with Crippen LogP contribution in [0, 0.1) is 0 Å². The van der Waals surface area contributed by atoms with Crippen LogP contribution in [-0.2, 0) is 0 Å². The molecular weight excluding hydrogens is 248 g/mol. The van der Waals surface area contributed by atoms with Gasteiger partial charge in [-0.3, -0.25) is 9.80 Å². The fourth-order valence-corrected chi connectivity index (χ4v) is 4.90. The van der Waals surface area contributed by atoms with Gasteiger partial charge in [0.15, 0.2) is 0 Å². The van der Waals surface area contributed by atoms with Crippen molar-refractivity contribution in [3.05, 3.63) is 0 Å². The highest BCUT2D eigenvalue weighted by molar-refractivity contribution is 5.10. The summed E-state index contributed by atoms with van der Waals surface area (Å²) in [6, 6.07) is 1.44. The van der Waals surface area contributed by atoms with Crippen molar-refractivity contribution in [2.45, 2.75) is 56.7 Å². The van der Waals surface area contributed by atoms with Gasteiger partial charge in [0.25, 0.3) is 0 Å². The molecule has 3 rings (SSSR count). The molecule has 3 fully saturated rings. The molecule has 0 aliphatic carbocycles. The molecule has 3 saturated heterocycles. The second-order valence-electron chi connectivity index (χ2n) is 7.09. The molecular formula is C16H32N4. The van der Waals surface area contributed by atoms with E-state index in [1.807, 2.05) is 0 Å². The van der Waals surface area contributed by atoms with Gasteiger partial charge in [0.05, 0.1) is 0 Å². The Morgan fingerprint density at radius 2 is 2.00 bits per heavy atom. The first kappa shape index (κ1) is 14.8. The van der Waals surface area contributed by atoms with Crippen molar-refractivity contribution in [3.8, 4) is 0 Å². The summed E-state index contributed by atoms with van der Waals surface area (Å²) in [5, 5.41) is 0. The van der Waals surface area contributed by atoms with Crippen molar-refractivity contribution >= 4 is 0 Å². The van der Waals surface area contributed by atoms with Gasteiger partial charge in [-0.2, -0.15) is 0 Å². The standard InChI is InChI=1S/C16H32N4/c1-3-14-12-20(11-10-18(14)2)16(13-17)7-9-19-8-5-4-6-15(16)19/h14-15H,3-13,17H2,1-2H3. The summed E-state index contributed by atoms with van der Waals surface area (Å²) in [7, 11) is 2.28. The molecule has 116 valence electrons. The molecule has 0 aromatic rings. The van der Waals surface area contributed by atoms with Gasteiger partial charge >= 0.3 is 0 Å². The Hall–Kier alpha value is -0.160. The van der Waals surface area contributed by atoms with Crippen LogP contribution in [-0.4, -0.2) is 78.6 Å². The number of hydrogen-bond donors (Lipinski definition) is 1. The maximum Gasteiger partial charge on any atom is 0.0499 e. The van der Waals surface area contributed by atoms with Crippen molar-refractivity contribution in [3.63, 3.8) is 0 Å². The molecule has 2 N–H and O–H groups in total. The van der Waals surface area contributed by atoms with E-state index in [1.165, 1.54) is 64.8 Å². The van der Waals surface area contributed by atoms with E-state index < -0.39 is 0 Å². The highest BCUT2D eigenvalue weighted by Crippen LogP contribution is 2.39. The summed E-state index contributed by atoms with van der Waals surface area (Å²) in [6.45, 7) is 9.36. The van der Waals surface area contributed by atoms with E-state index >= 15 is 0 Å². The number of likely N-dealkylation sites (N-methyl/N-ethyl adjacent to an activating group) is 1. The summed E-state index contributed by atoms with van der Waals surface area (Å²) >= 11 is 0. The highest BCUT2D eigenvalue weighted by Gasteiger charge is 2.51. The van der Waals surface area contributed by atoms with Gasteiger partial charge in [-0.1, -0.05) is 13.3 Å². The van der Waals surface area contributed by atoms with Crippen molar-refractivity contribution in [2.75, 3.05) is 46.3 Å². The topological polar surface area (TPSA) is 35.7 Å². The van der Waals surface area contributed by atoms with Gasteiger partial charge in [-0.05, 0) is 39.3 Å². The average molecular weight is 280 g/mol. The van der Waals surface area contributed by atoms with Crippen molar-refractivity contribution in [1.29, 1.82) is 0 Å². The zero-order valence-electron chi connectivity index (χ0n) is 13.4. The maximum atomic E-state index is 6.35. The van der Waals surface area contributed by atoms with Crippen molar-refractivity contribution in [1.82, 2.24) is 14.7 Å². The first-order chi connectivity index (χ1) is 9.71. The highest BCUT2D eigenvalue weighted by atomic mass is 15.4. The average Bonchev–Trinajstić information content (AvgIpc) is 2.88. The molecule has 0 aromatic carbocycles. The lowest BCUT2D eigenvalue weighted by atomic mass is 9.82. The first-order valence-corrected chi connectivity index (χ1v) is 8.60. The van der Waals surface area contributed by atoms with Gasteiger partial charge in [0, 0.05) is 50.3 Å². The predicted molar refractivity (Wildman–Crippen MR) is 83.9 cm³/mol. The van der Waals surface area contributed by atoms with Crippen molar-refractivity contribution < 1.29 is 0 Å². The normalized spacial score (nSPS) is 41.0. The number of piperazine rings is 1. The lowest BCUT2D eigenvalue weighted by Crippen LogP contribution is -2.67. The maximum absolute atomic E-state index is 6.35. The molecule has 0 bridgehead atoms. The van der Waals surface area contributed by atoms with Gasteiger partial charge in [0.2, 0.25) is 0 Å². The smallest absolute Gasteiger partial charge is 0.0499 e. The van der Waals surface area contributed by atoms with E-state index in [9.17, 15) is 0 Å². The molecule has 0 spiro atoms. The monoisotopic (exact) mass is 280 g/mol. The number of nitrogens with zero attached hydrogens (tertiary/aromatic N) is 3. The number of piperidine rings is 1. The molecule has 0 amide bonds. The zero-order chi connectivity index (χ0) is 14.2. The minimum absolute atomic E-state index is 0.273. The number of fused-ring (bicyclic) bond motifs is 1. The number of hydrogen-bond acceptors (Lipinski definition) is 4. The van der Waals surface area contributed by atoms with Gasteiger partial charge in [-0.25, -0.2) is 0 Å². The summed E-state index contributed by atoms with van der Waals surface area (Å²) in [6.07, 6.45) is 6.68. The Bertz CT molecular complexity index is 334. The predicted octanol–water partition coefficient (Wildman–Crippen LogP) is 0.968. The van der Waals surface area contributed by atoms with Crippen LogP contribution < -0.4 is 5.73 Å². The third-order valence-corrected chi connectivity index (χ3v) is 6.30. The van der Waals surface area contributed by atoms with Gasteiger partial charge in [-0.15, -0.1) is 0 Å². The largest absolute Gasteiger partial charge is 0.329 e. The van der Waals surface area contributed by atoms with E-state index in [0.717, 1.165) is 12.6 Å². The molecule has 3 heterocycles. The molecule has 4 nitrogen and oxygen atoms in total. The Labute approximate surface area is 124 Å². The van der Waals surface area contributed by atoms with Crippen LogP contribution in [0.4, 0.5) is 0 Å². The first-order valence-electron chi connectivity index (χ1n) is 8.60. The Morgan fingerprint density at radius 3 is 2.75 bits per heavy atom. The molecule has 4 heteroatoms. The molecule has 3 aliphatic rings. The second-order valence-corrected chi connectivity index (χ2v) is 7.09. The molecule has 20 heavy (non-hydrogen) atoms. The number of nitrogens with two attached hydrogens (primary N) is 1. The van der Waals surface area contributed by atoms with E-state index in [1.54, 1.807) is 0 Å². The summed E-state index contributed by atoms with van der Waals surface area (Å²) in [5.74, 6) is 0. The third-order valence-electron chi connectivity index (χ3n) is 6.30. The van der Waals surface area contributed by atoms with Crippen LogP contribution in [0.1, 0.15) is 39.0 Å². The molecule has 0 radical (unpaired) electrons. The fourth-order valence-electron chi connectivity index (χ4n) is 4.90. The third kappa shape index (κ3) is 2.31. The Kier molecular flexibility index (Phi) is 4.37. The second kappa shape index (κ2) is 5.91. The quantitative estimate of drug-likeness (QED) is 0.835. The summed E-state index contributed by atoms with van der Waals surface area (Å²) in [5.41, 5.74) is 6.62. The Balaban J connectivity index is 1.78. The summed E-state index contributed by atoms with van der Waals surface area (Å²) < 4.78 is 0. The molecule has 3 atom stereocenters. The van der Waals surface area contributed by atoms with Crippen molar-refractivity contribution in [2.24, 2.45) is 5.73 Å². The van der Waals surface area contributed by atoms with Crippen LogP contribution in [0.25, 0.3) is 0 Å². The minimum atomic E-state index is 0.273. The van der Waals surface area contributed by atoms with Crippen LogP contribution >= 0.6 is 0 Å². The minimum Gasteiger partial charge on any atom is -0.329 e. The number of rotatable bonds is 3. The lowest BCUT2D eigenvalue weighted by Gasteiger charge is -2.52. The van der Waals surface area contributed by atoms with Gasteiger partial charge < -0.3 is 10.6 Å². The molecule has 3 aliphatic heterocycles. The van der Waals surface area contributed by atoms with Crippen LogP contribution in [0.2, 0.25) is 0 Å². The van der Waals surface area contributed by atoms with E-state index in [0.29, 0.717) is 6.04 Å². The fraction of sp³-hybridized carbons (Fsp3) is 1.00. The van der Waals surface area contributed by atoms with Gasteiger partial charge in [0.1, 0.15) is 0 Å².